The zero-order valence-corrected chi connectivity index (χ0v) is 9.12. The number of likely N-dealkylation sites (N-methyl/N-ethyl adjacent to an activating group) is 1. The second-order valence-corrected chi connectivity index (χ2v) is 4.22. The number of hydrogen-bond donors (Lipinski definition) is 0. The molecule has 5 heteroatoms. The first-order valence-electron chi connectivity index (χ1n) is 4.72. The van der Waals surface area contributed by atoms with Gasteiger partial charge in [0.05, 0.1) is 9.95 Å². The van der Waals surface area contributed by atoms with Crippen LogP contribution in [0.1, 0.15) is 11.1 Å². The molecule has 0 radical (unpaired) electrons. The Kier molecular flexibility index (Phi) is 2.63. The van der Waals surface area contributed by atoms with E-state index in [1.807, 2.05) is 7.05 Å². The van der Waals surface area contributed by atoms with Gasteiger partial charge in [-0.15, -0.1) is 0 Å². The summed E-state index contributed by atoms with van der Waals surface area (Å²) in [6.07, 6.45) is 0.827. The minimum absolute atomic E-state index is 0.0864. The van der Waals surface area contributed by atoms with Gasteiger partial charge in [-0.2, -0.15) is 0 Å². The van der Waals surface area contributed by atoms with Gasteiger partial charge in [0, 0.05) is 25.2 Å². The van der Waals surface area contributed by atoms with Crippen molar-refractivity contribution in [1.82, 2.24) is 4.90 Å². The molecule has 0 saturated carbocycles. The summed E-state index contributed by atoms with van der Waals surface area (Å²) in [5.41, 5.74) is 2.12. The second kappa shape index (κ2) is 3.79. The van der Waals surface area contributed by atoms with Gasteiger partial charge >= 0.3 is 0 Å². The Morgan fingerprint density at radius 2 is 2.27 bits per heavy atom. The smallest absolute Gasteiger partial charge is 0.271 e. The van der Waals surface area contributed by atoms with Crippen LogP contribution < -0.4 is 0 Å². The molecule has 1 aromatic carbocycles. The first-order valence-corrected chi connectivity index (χ1v) is 5.10. The van der Waals surface area contributed by atoms with Crippen LogP contribution in [0.3, 0.4) is 0 Å². The number of hydrogen-bond acceptors (Lipinski definition) is 3. The monoisotopic (exact) mass is 226 g/mol. The van der Waals surface area contributed by atoms with Gasteiger partial charge in [-0.25, -0.2) is 0 Å². The van der Waals surface area contributed by atoms with Crippen molar-refractivity contribution in [2.45, 2.75) is 13.0 Å². The highest BCUT2D eigenvalue weighted by atomic mass is 35.5. The molecule has 1 aliphatic heterocycles. The molecule has 0 spiro atoms. The number of benzene rings is 1. The summed E-state index contributed by atoms with van der Waals surface area (Å²) in [6, 6.07) is 3.06. The summed E-state index contributed by atoms with van der Waals surface area (Å²) >= 11 is 6.03. The number of nitrogens with zero attached hydrogens (tertiary/aromatic N) is 2. The molecule has 0 unspecified atom stereocenters. The summed E-state index contributed by atoms with van der Waals surface area (Å²) in [6.45, 7) is 1.69. The van der Waals surface area contributed by atoms with E-state index in [0.29, 0.717) is 5.02 Å². The third-order valence-electron chi connectivity index (χ3n) is 2.67. The van der Waals surface area contributed by atoms with Crippen LogP contribution in [0.5, 0.6) is 0 Å². The van der Waals surface area contributed by atoms with E-state index in [1.165, 1.54) is 6.07 Å². The van der Waals surface area contributed by atoms with E-state index in [4.69, 9.17) is 11.6 Å². The van der Waals surface area contributed by atoms with Crippen molar-refractivity contribution >= 4 is 17.3 Å². The normalized spacial score (nSPS) is 16.1. The van der Waals surface area contributed by atoms with Crippen LogP contribution in [0, 0.1) is 10.1 Å². The van der Waals surface area contributed by atoms with Crippen molar-refractivity contribution in [2.75, 3.05) is 13.6 Å². The molecular weight excluding hydrogens is 216 g/mol. The van der Waals surface area contributed by atoms with Gasteiger partial charge in [0.2, 0.25) is 0 Å². The maximum Gasteiger partial charge on any atom is 0.271 e. The highest BCUT2D eigenvalue weighted by Crippen LogP contribution is 2.30. The first-order chi connectivity index (χ1) is 7.08. The highest BCUT2D eigenvalue weighted by Gasteiger charge is 2.20. The molecule has 15 heavy (non-hydrogen) atoms. The third-order valence-corrected chi connectivity index (χ3v) is 3.01. The number of rotatable bonds is 1. The number of nitro groups is 1. The Morgan fingerprint density at radius 1 is 1.53 bits per heavy atom. The largest absolute Gasteiger partial charge is 0.302 e. The van der Waals surface area contributed by atoms with Gasteiger partial charge < -0.3 is 4.90 Å². The standard InChI is InChI=1S/C10H11ClN2O2/c1-12-3-2-7-4-8(13(14)15)5-10(11)9(7)6-12/h4-5H,2-3,6H2,1H3. The van der Waals surface area contributed by atoms with Crippen molar-refractivity contribution < 1.29 is 4.92 Å². The van der Waals surface area contributed by atoms with Gasteiger partial charge in [-0.05, 0) is 24.6 Å². The summed E-state index contributed by atoms with van der Waals surface area (Å²) in [5.74, 6) is 0. The van der Waals surface area contributed by atoms with Crippen LogP contribution in [0.2, 0.25) is 5.02 Å². The molecular formula is C10H11ClN2O2. The van der Waals surface area contributed by atoms with Gasteiger partial charge in [-0.1, -0.05) is 11.6 Å². The van der Waals surface area contributed by atoms with Crippen molar-refractivity contribution in [3.63, 3.8) is 0 Å². The lowest BCUT2D eigenvalue weighted by atomic mass is 9.99. The van der Waals surface area contributed by atoms with Crippen molar-refractivity contribution in [3.8, 4) is 0 Å². The Labute approximate surface area is 92.6 Å². The summed E-state index contributed by atoms with van der Waals surface area (Å²) < 4.78 is 0. The topological polar surface area (TPSA) is 46.4 Å². The molecule has 2 rings (SSSR count). The zero-order chi connectivity index (χ0) is 11.0. The van der Waals surface area contributed by atoms with E-state index >= 15 is 0 Å². The van der Waals surface area contributed by atoms with E-state index in [9.17, 15) is 10.1 Å². The molecule has 0 saturated heterocycles. The molecule has 4 nitrogen and oxygen atoms in total. The third kappa shape index (κ3) is 1.96. The Morgan fingerprint density at radius 3 is 2.93 bits per heavy atom. The number of fused-ring (bicyclic) bond motifs is 1. The van der Waals surface area contributed by atoms with E-state index in [1.54, 1.807) is 6.07 Å². The fourth-order valence-corrected chi connectivity index (χ4v) is 2.14. The van der Waals surface area contributed by atoms with Crippen LogP contribution in [0.25, 0.3) is 0 Å². The highest BCUT2D eigenvalue weighted by molar-refractivity contribution is 6.31. The quantitative estimate of drug-likeness (QED) is 0.545. The average molecular weight is 227 g/mol. The molecule has 0 atom stereocenters. The average Bonchev–Trinajstić information content (AvgIpc) is 2.18. The van der Waals surface area contributed by atoms with Crippen molar-refractivity contribution in [2.24, 2.45) is 0 Å². The minimum atomic E-state index is -0.398. The Balaban J connectivity index is 2.48. The lowest BCUT2D eigenvalue weighted by molar-refractivity contribution is -0.384. The Hall–Kier alpha value is -1.13. The molecule has 0 fully saturated rings. The van der Waals surface area contributed by atoms with Gasteiger partial charge in [0.1, 0.15) is 0 Å². The van der Waals surface area contributed by atoms with Crippen LogP contribution in [0.4, 0.5) is 5.69 Å². The van der Waals surface area contributed by atoms with E-state index < -0.39 is 4.92 Å². The van der Waals surface area contributed by atoms with Crippen LogP contribution in [0.15, 0.2) is 12.1 Å². The molecule has 0 N–H and O–H groups in total. The van der Waals surface area contributed by atoms with Gasteiger partial charge in [0.15, 0.2) is 0 Å². The minimum Gasteiger partial charge on any atom is -0.302 e. The molecule has 1 aromatic rings. The Bertz CT molecular complexity index is 420. The number of halogens is 1. The zero-order valence-electron chi connectivity index (χ0n) is 8.36. The second-order valence-electron chi connectivity index (χ2n) is 3.81. The van der Waals surface area contributed by atoms with Gasteiger partial charge in [0.25, 0.3) is 5.69 Å². The predicted molar refractivity (Wildman–Crippen MR) is 58.1 cm³/mol. The molecule has 80 valence electrons. The summed E-state index contributed by atoms with van der Waals surface area (Å²) in [7, 11) is 2.01. The number of nitro benzene ring substituents is 1. The molecule has 1 aliphatic rings. The SMILES string of the molecule is CN1CCc2cc([N+](=O)[O-])cc(Cl)c2C1. The fourth-order valence-electron chi connectivity index (χ4n) is 1.84. The molecule has 0 amide bonds. The number of non-ortho nitro benzene ring substituents is 1. The van der Waals surface area contributed by atoms with E-state index in [-0.39, 0.29) is 5.69 Å². The predicted octanol–water partition coefficient (Wildman–Crippen LogP) is 2.24. The van der Waals surface area contributed by atoms with E-state index in [2.05, 4.69) is 4.90 Å². The molecule has 0 aliphatic carbocycles. The lowest BCUT2D eigenvalue weighted by Crippen LogP contribution is -2.26. The van der Waals surface area contributed by atoms with E-state index in [0.717, 1.165) is 30.6 Å². The maximum atomic E-state index is 10.6. The van der Waals surface area contributed by atoms with Crippen molar-refractivity contribution in [1.29, 1.82) is 0 Å². The van der Waals surface area contributed by atoms with Crippen molar-refractivity contribution in [3.05, 3.63) is 38.4 Å². The first kappa shape index (κ1) is 10.4. The van der Waals surface area contributed by atoms with Crippen LogP contribution in [-0.4, -0.2) is 23.4 Å². The maximum absolute atomic E-state index is 10.6. The van der Waals surface area contributed by atoms with Crippen LogP contribution >= 0.6 is 11.6 Å². The molecule has 0 aromatic heterocycles. The molecule has 1 heterocycles. The van der Waals surface area contributed by atoms with Crippen LogP contribution in [-0.2, 0) is 13.0 Å². The van der Waals surface area contributed by atoms with Gasteiger partial charge in [-0.3, -0.25) is 10.1 Å². The summed E-state index contributed by atoms with van der Waals surface area (Å²) in [4.78, 5) is 12.4. The lowest BCUT2D eigenvalue weighted by Gasteiger charge is -2.25. The molecule has 0 bridgehead atoms. The summed E-state index contributed by atoms with van der Waals surface area (Å²) in [5, 5.41) is 11.1. The fraction of sp³-hybridized carbons (Fsp3) is 0.400.